The molecule has 1 radical (unpaired) electrons. The molecule has 2 heteroatoms. The monoisotopic (exact) mass is 119 g/mol. The van der Waals surface area contributed by atoms with E-state index in [0.717, 1.165) is 13.1 Å². The maximum absolute atomic E-state index is 3.89. The van der Waals surface area contributed by atoms with Gasteiger partial charge in [-0.15, -0.1) is 0 Å². The molecule has 0 amide bonds. The van der Waals surface area contributed by atoms with Gasteiger partial charge in [-0.2, -0.15) is 0 Å². The molecule has 0 unspecified atom stereocenters. The van der Waals surface area contributed by atoms with Crippen molar-refractivity contribution >= 4 is 0 Å². The van der Waals surface area contributed by atoms with E-state index in [4.69, 9.17) is 0 Å². The van der Waals surface area contributed by atoms with E-state index >= 15 is 0 Å². The Morgan fingerprint density at radius 1 is 1.56 bits per heavy atom. The summed E-state index contributed by atoms with van der Waals surface area (Å²) < 4.78 is 0. The van der Waals surface area contributed by atoms with Crippen molar-refractivity contribution < 1.29 is 0 Å². The van der Waals surface area contributed by atoms with Crippen LogP contribution < -0.4 is 5.32 Å². The molecule has 0 aromatic carbocycles. The summed E-state index contributed by atoms with van der Waals surface area (Å²) in [5.41, 5.74) is 2.56. The van der Waals surface area contributed by atoms with Gasteiger partial charge in [-0.25, -0.2) is 0 Å². The van der Waals surface area contributed by atoms with E-state index < -0.39 is 0 Å². The normalized spacial score (nSPS) is 15.6. The van der Waals surface area contributed by atoms with Crippen molar-refractivity contribution in [2.24, 2.45) is 0 Å². The van der Waals surface area contributed by atoms with E-state index in [1.807, 2.05) is 6.07 Å². The van der Waals surface area contributed by atoms with Gasteiger partial charge >= 0.3 is 0 Å². The maximum Gasteiger partial charge on any atom is 0.0937 e. The van der Waals surface area contributed by atoms with Crippen molar-refractivity contribution in [1.82, 2.24) is 10.3 Å². The number of hydrogen-bond acceptors (Lipinski definition) is 2. The van der Waals surface area contributed by atoms with Gasteiger partial charge in [-0.1, -0.05) is 0 Å². The first-order chi connectivity index (χ1) is 4.47. The molecule has 0 atom stereocenters. The lowest BCUT2D eigenvalue weighted by atomic mass is 10.2. The largest absolute Gasteiger partial charge is 0.309 e. The zero-order valence-electron chi connectivity index (χ0n) is 5.02. The van der Waals surface area contributed by atoms with Crippen LogP contribution in [0.25, 0.3) is 0 Å². The molecule has 1 N–H and O–H groups in total. The van der Waals surface area contributed by atoms with Crippen LogP contribution in [0.15, 0.2) is 12.3 Å². The standard InChI is InChI=1S/C7H7N2/c1-2-8-4-7-5-9-3-6(1)7/h1-2,9H,3,5H2. The van der Waals surface area contributed by atoms with Crippen LogP contribution >= 0.6 is 0 Å². The minimum absolute atomic E-state index is 0.934. The van der Waals surface area contributed by atoms with E-state index in [2.05, 4.69) is 16.5 Å². The van der Waals surface area contributed by atoms with Gasteiger partial charge in [-0.3, -0.25) is 4.98 Å². The smallest absolute Gasteiger partial charge is 0.0937 e. The van der Waals surface area contributed by atoms with Crippen LogP contribution in [-0.4, -0.2) is 4.98 Å². The number of nitrogens with zero attached hydrogens (tertiary/aromatic N) is 1. The summed E-state index contributed by atoms with van der Waals surface area (Å²) >= 11 is 0. The van der Waals surface area contributed by atoms with Crippen molar-refractivity contribution in [3.63, 3.8) is 0 Å². The molecular formula is C7H7N2. The molecule has 0 fully saturated rings. The fourth-order valence-electron chi connectivity index (χ4n) is 1.06. The molecule has 1 aliphatic rings. The third-order valence-electron chi connectivity index (χ3n) is 1.55. The minimum atomic E-state index is 0.934. The lowest BCUT2D eigenvalue weighted by molar-refractivity contribution is 0.764. The molecular weight excluding hydrogens is 112 g/mol. The molecule has 1 aromatic heterocycles. The summed E-state index contributed by atoms with van der Waals surface area (Å²) in [6.45, 7) is 1.91. The third kappa shape index (κ3) is 0.715. The number of nitrogens with one attached hydrogen (secondary N) is 1. The van der Waals surface area contributed by atoms with E-state index in [0.29, 0.717) is 0 Å². The molecule has 0 saturated carbocycles. The topological polar surface area (TPSA) is 24.9 Å². The van der Waals surface area contributed by atoms with Crippen molar-refractivity contribution in [3.8, 4) is 0 Å². The SMILES string of the molecule is [c]1nccc2c1CNC2. The number of rotatable bonds is 0. The van der Waals surface area contributed by atoms with Crippen molar-refractivity contribution in [2.45, 2.75) is 13.1 Å². The first-order valence-corrected chi connectivity index (χ1v) is 3.02. The van der Waals surface area contributed by atoms with E-state index in [-0.39, 0.29) is 0 Å². The van der Waals surface area contributed by atoms with Gasteiger partial charge < -0.3 is 5.32 Å². The van der Waals surface area contributed by atoms with Crippen molar-refractivity contribution in [3.05, 3.63) is 29.6 Å². The summed E-state index contributed by atoms with van der Waals surface area (Å²) in [7, 11) is 0. The van der Waals surface area contributed by atoms with Gasteiger partial charge in [0.2, 0.25) is 0 Å². The summed E-state index contributed by atoms with van der Waals surface area (Å²) in [4.78, 5) is 3.89. The first kappa shape index (κ1) is 4.94. The molecule has 2 heterocycles. The van der Waals surface area contributed by atoms with E-state index in [1.54, 1.807) is 6.20 Å². The average molecular weight is 119 g/mol. The predicted octanol–water partition coefficient (Wildman–Crippen LogP) is 0.485. The van der Waals surface area contributed by atoms with Gasteiger partial charge in [0.15, 0.2) is 0 Å². The van der Waals surface area contributed by atoms with Crippen molar-refractivity contribution in [1.29, 1.82) is 0 Å². The van der Waals surface area contributed by atoms with Gasteiger partial charge in [0.05, 0.1) is 6.20 Å². The Labute approximate surface area is 53.9 Å². The molecule has 1 aromatic rings. The molecule has 0 spiro atoms. The molecule has 2 rings (SSSR count). The summed E-state index contributed by atoms with van der Waals surface area (Å²) in [6.07, 6.45) is 4.72. The minimum Gasteiger partial charge on any atom is -0.309 e. The molecule has 9 heavy (non-hydrogen) atoms. The average Bonchev–Trinajstić information content (AvgIpc) is 2.33. The highest BCUT2D eigenvalue weighted by Crippen LogP contribution is 2.10. The summed E-state index contributed by atoms with van der Waals surface area (Å²) in [6, 6.07) is 2.03. The Hall–Kier alpha value is -0.890. The highest BCUT2D eigenvalue weighted by atomic mass is 14.9. The predicted molar refractivity (Wildman–Crippen MR) is 33.6 cm³/mol. The van der Waals surface area contributed by atoms with E-state index in [1.165, 1.54) is 11.1 Å². The molecule has 0 aliphatic carbocycles. The van der Waals surface area contributed by atoms with E-state index in [9.17, 15) is 0 Å². The number of hydrogen-bond donors (Lipinski definition) is 1. The molecule has 0 saturated heterocycles. The van der Waals surface area contributed by atoms with Crippen molar-refractivity contribution in [2.75, 3.05) is 0 Å². The number of aromatic nitrogens is 1. The molecule has 45 valence electrons. The number of fused-ring (bicyclic) bond motifs is 1. The van der Waals surface area contributed by atoms with Gasteiger partial charge in [0, 0.05) is 19.3 Å². The second kappa shape index (κ2) is 1.81. The Bertz CT molecular complexity index is 197. The Morgan fingerprint density at radius 3 is 3.44 bits per heavy atom. The van der Waals surface area contributed by atoms with Crippen LogP contribution in [0.5, 0.6) is 0 Å². The zero-order chi connectivity index (χ0) is 6.10. The summed E-state index contributed by atoms with van der Waals surface area (Å²) in [5, 5.41) is 3.22. The maximum atomic E-state index is 3.89. The first-order valence-electron chi connectivity index (χ1n) is 3.02. The van der Waals surface area contributed by atoms with Crippen LogP contribution in [0.1, 0.15) is 11.1 Å². The van der Waals surface area contributed by atoms with Crippen LogP contribution in [0.4, 0.5) is 0 Å². The Balaban J connectivity index is 2.54. The second-order valence-corrected chi connectivity index (χ2v) is 2.16. The Kier molecular flexibility index (Phi) is 0.993. The van der Waals surface area contributed by atoms with Crippen LogP contribution in [0.3, 0.4) is 0 Å². The number of pyridine rings is 1. The molecule has 0 bridgehead atoms. The fourth-order valence-corrected chi connectivity index (χ4v) is 1.06. The van der Waals surface area contributed by atoms with Crippen LogP contribution in [-0.2, 0) is 13.1 Å². The quantitative estimate of drug-likeness (QED) is 0.537. The van der Waals surface area contributed by atoms with Gasteiger partial charge in [0.25, 0.3) is 0 Å². The van der Waals surface area contributed by atoms with Crippen LogP contribution in [0, 0.1) is 6.20 Å². The zero-order valence-corrected chi connectivity index (χ0v) is 5.02. The molecule has 2 nitrogen and oxygen atoms in total. The lowest BCUT2D eigenvalue weighted by Crippen LogP contribution is -1.99. The van der Waals surface area contributed by atoms with Crippen LogP contribution in [0.2, 0.25) is 0 Å². The second-order valence-electron chi connectivity index (χ2n) is 2.16. The summed E-state index contributed by atoms with van der Waals surface area (Å²) in [5.74, 6) is 0. The highest BCUT2D eigenvalue weighted by Gasteiger charge is 2.07. The van der Waals surface area contributed by atoms with Gasteiger partial charge in [-0.05, 0) is 17.2 Å². The highest BCUT2D eigenvalue weighted by molar-refractivity contribution is 5.25. The fraction of sp³-hybridized carbons (Fsp3) is 0.286. The third-order valence-corrected chi connectivity index (χ3v) is 1.55. The Morgan fingerprint density at radius 2 is 2.56 bits per heavy atom. The lowest BCUT2D eigenvalue weighted by Gasteiger charge is -1.89. The van der Waals surface area contributed by atoms with Gasteiger partial charge in [0.1, 0.15) is 0 Å². The molecule has 1 aliphatic heterocycles.